The molecule has 0 spiro atoms. The molecule has 1 N–H and O–H groups in total. The Kier molecular flexibility index (Phi) is 6.08. The van der Waals surface area contributed by atoms with Crippen molar-refractivity contribution in [3.05, 3.63) is 59.7 Å². The molecule has 1 fully saturated rings. The Labute approximate surface area is 187 Å². The third-order valence-corrected chi connectivity index (χ3v) is 8.10. The number of hydrogen-bond acceptors (Lipinski definition) is 8. The highest BCUT2D eigenvalue weighted by Crippen LogP contribution is 2.30. The molecule has 31 heavy (non-hydrogen) atoms. The van der Waals surface area contributed by atoms with Crippen LogP contribution >= 0.6 is 23.1 Å². The van der Waals surface area contributed by atoms with Crippen LogP contribution in [0.2, 0.25) is 0 Å². The quantitative estimate of drug-likeness (QED) is 0.412. The Bertz CT molecular complexity index is 1210. The van der Waals surface area contributed by atoms with Crippen molar-refractivity contribution in [3.63, 3.8) is 0 Å². The first-order chi connectivity index (χ1) is 14.8. The molecule has 1 saturated heterocycles. The predicted octanol–water partition coefficient (Wildman–Crippen LogP) is 3.59. The number of thioether (sulfide) groups is 1. The van der Waals surface area contributed by atoms with E-state index in [9.17, 15) is 18.0 Å². The number of hydrogen-bond donors (Lipinski definition) is 1. The minimum atomic E-state index is -3.88. The van der Waals surface area contributed by atoms with Crippen LogP contribution in [0.1, 0.15) is 24.0 Å². The molecule has 0 bridgehead atoms. The van der Waals surface area contributed by atoms with Gasteiger partial charge in [0.2, 0.25) is 16.9 Å². The fourth-order valence-electron chi connectivity index (χ4n) is 2.95. The van der Waals surface area contributed by atoms with Gasteiger partial charge in [-0.1, -0.05) is 52.9 Å². The van der Waals surface area contributed by atoms with Gasteiger partial charge in [0, 0.05) is 18.6 Å². The summed E-state index contributed by atoms with van der Waals surface area (Å²) >= 11 is 2.63. The monoisotopic (exact) mass is 474 g/mol. The number of anilines is 2. The number of aromatic nitrogens is 2. The number of carbonyl (C=O) groups is 2. The van der Waals surface area contributed by atoms with E-state index < -0.39 is 10.0 Å². The maximum absolute atomic E-state index is 12.7. The fourth-order valence-corrected chi connectivity index (χ4v) is 5.89. The summed E-state index contributed by atoms with van der Waals surface area (Å²) in [6, 6.07) is 13.7. The van der Waals surface area contributed by atoms with Crippen LogP contribution < -0.4 is 9.62 Å². The summed E-state index contributed by atoms with van der Waals surface area (Å²) < 4.78 is 28.4. The van der Waals surface area contributed by atoms with E-state index in [1.165, 1.54) is 41.6 Å². The molecule has 3 aromatic rings. The summed E-state index contributed by atoms with van der Waals surface area (Å²) in [5.41, 5.74) is 2.69. The van der Waals surface area contributed by atoms with Crippen molar-refractivity contribution in [2.24, 2.45) is 0 Å². The van der Waals surface area contributed by atoms with Crippen molar-refractivity contribution in [3.8, 4) is 0 Å². The largest absolute Gasteiger partial charge is 0.274 e. The van der Waals surface area contributed by atoms with E-state index in [-0.39, 0.29) is 34.7 Å². The molecule has 0 radical (unpaired) electrons. The smallest absolute Gasteiger partial charge is 0.263 e. The normalized spacial score (nSPS) is 14.3. The Morgan fingerprint density at radius 2 is 1.65 bits per heavy atom. The lowest BCUT2D eigenvalue weighted by molar-refractivity contribution is -0.121. The molecule has 11 heteroatoms. The van der Waals surface area contributed by atoms with Crippen LogP contribution in [0.3, 0.4) is 0 Å². The molecule has 8 nitrogen and oxygen atoms in total. The van der Waals surface area contributed by atoms with E-state index in [0.717, 1.165) is 21.8 Å². The van der Waals surface area contributed by atoms with Gasteiger partial charge in [0.15, 0.2) is 4.34 Å². The van der Waals surface area contributed by atoms with Gasteiger partial charge in [0.1, 0.15) is 0 Å². The van der Waals surface area contributed by atoms with Crippen LogP contribution in [0.15, 0.2) is 57.8 Å². The van der Waals surface area contributed by atoms with Crippen molar-refractivity contribution in [2.75, 3.05) is 9.62 Å². The van der Waals surface area contributed by atoms with E-state index in [2.05, 4.69) is 14.9 Å². The van der Waals surface area contributed by atoms with Crippen LogP contribution in [0.4, 0.5) is 10.8 Å². The molecule has 2 heterocycles. The number of nitrogens with one attached hydrogen (secondary N) is 1. The number of amides is 2. The number of benzene rings is 2. The maximum atomic E-state index is 12.7. The van der Waals surface area contributed by atoms with Gasteiger partial charge in [0.05, 0.1) is 10.6 Å². The fraction of sp³-hybridized carbons (Fsp3) is 0.200. The van der Waals surface area contributed by atoms with Crippen LogP contribution in [0, 0.1) is 6.92 Å². The third kappa shape index (κ3) is 4.94. The number of imide groups is 1. The molecule has 0 saturated carbocycles. The predicted molar refractivity (Wildman–Crippen MR) is 120 cm³/mol. The number of sulfonamides is 1. The van der Waals surface area contributed by atoms with Crippen molar-refractivity contribution >= 4 is 55.8 Å². The summed E-state index contributed by atoms with van der Waals surface area (Å²) in [7, 11) is -3.88. The van der Waals surface area contributed by atoms with Crippen LogP contribution in [0.25, 0.3) is 0 Å². The van der Waals surface area contributed by atoms with E-state index in [1.807, 2.05) is 31.2 Å². The number of nitrogens with zero attached hydrogens (tertiary/aromatic N) is 3. The van der Waals surface area contributed by atoms with Gasteiger partial charge in [0.25, 0.3) is 10.0 Å². The Balaban J connectivity index is 1.41. The van der Waals surface area contributed by atoms with Crippen LogP contribution in [0.5, 0.6) is 0 Å². The molecule has 2 aromatic carbocycles. The standard InChI is InChI=1S/C20H18N4O4S3/c1-13-2-4-14(5-3-13)12-29-20-22-21-19(30-20)23-31(27,28)16-8-6-15(7-9-16)24-17(25)10-11-18(24)26/h2-9H,10-12H2,1H3,(H,21,23). The average molecular weight is 475 g/mol. The van der Waals surface area contributed by atoms with Crippen molar-refractivity contribution in [1.29, 1.82) is 0 Å². The topological polar surface area (TPSA) is 109 Å². The first-order valence-corrected chi connectivity index (χ1v) is 12.6. The lowest BCUT2D eigenvalue weighted by Crippen LogP contribution is -2.28. The summed E-state index contributed by atoms with van der Waals surface area (Å²) in [5.74, 6) is 0.128. The zero-order chi connectivity index (χ0) is 22.0. The van der Waals surface area contributed by atoms with Crippen LogP contribution in [-0.4, -0.2) is 30.4 Å². The van der Waals surface area contributed by atoms with Gasteiger partial charge >= 0.3 is 0 Å². The van der Waals surface area contributed by atoms with E-state index in [0.29, 0.717) is 15.8 Å². The number of carbonyl (C=O) groups excluding carboxylic acids is 2. The second-order valence-electron chi connectivity index (χ2n) is 6.87. The molecule has 0 aliphatic carbocycles. The number of rotatable bonds is 7. The molecule has 1 aliphatic heterocycles. The summed E-state index contributed by atoms with van der Waals surface area (Å²) in [5, 5.41) is 8.11. The lowest BCUT2D eigenvalue weighted by atomic mass is 10.2. The molecule has 1 aliphatic rings. The van der Waals surface area contributed by atoms with E-state index in [4.69, 9.17) is 0 Å². The van der Waals surface area contributed by atoms with Crippen LogP contribution in [-0.2, 0) is 25.4 Å². The summed E-state index contributed by atoms with van der Waals surface area (Å²) in [6.45, 7) is 2.03. The second kappa shape index (κ2) is 8.77. The van der Waals surface area contributed by atoms with Gasteiger partial charge < -0.3 is 0 Å². The molecule has 4 rings (SSSR count). The van der Waals surface area contributed by atoms with Gasteiger partial charge in [-0.05, 0) is 36.8 Å². The average Bonchev–Trinajstić information content (AvgIpc) is 3.33. The van der Waals surface area contributed by atoms with Crippen molar-refractivity contribution < 1.29 is 18.0 Å². The highest BCUT2D eigenvalue weighted by molar-refractivity contribution is 8.00. The Hall–Kier alpha value is -2.76. The third-order valence-electron chi connectivity index (χ3n) is 4.57. The minimum Gasteiger partial charge on any atom is -0.274 e. The highest BCUT2D eigenvalue weighted by Gasteiger charge is 2.30. The number of aryl methyl sites for hydroxylation is 1. The summed E-state index contributed by atoms with van der Waals surface area (Å²) in [4.78, 5) is 24.7. The minimum absolute atomic E-state index is 0.000552. The molecule has 1 aromatic heterocycles. The molecule has 2 amide bonds. The Morgan fingerprint density at radius 1 is 1.00 bits per heavy atom. The molecular weight excluding hydrogens is 456 g/mol. The SMILES string of the molecule is Cc1ccc(CSc2nnc(NS(=O)(=O)c3ccc(N4C(=O)CCC4=O)cc3)s2)cc1. The highest BCUT2D eigenvalue weighted by atomic mass is 32.2. The molecule has 160 valence electrons. The van der Waals surface area contributed by atoms with Gasteiger partial charge in [-0.3, -0.25) is 19.2 Å². The second-order valence-corrected chi connectivity index (χ2v) is 10.8. The first kappa shape index (κ1) is 21.5. The van der Waals surface area contributed by atoms with E-state index in [1.54, 1.807) is 0 Å². The molecular formula is C20H18N4O4S3. The maximum Gasteiger partial charge on any atom is 0.263 e. The van der Waals surface area contributed by atoms with Crippen molar-refractivity contribution in [2.45, 2.75) is 34.8 Å². The van der Waals surface area contributed by atoms with Gasteiger partial charge in [-0.2, -0.15) is 0 Å². The zero-order valence-electron chi connectivity index (χ0n) is 16.4. The van der Waals surface area contributed by atoms with Gasteiger partial charge in [-0.25, -0.2) is 8.42 Å². The zero-order valence-corrected chi connectivity index (χ0v) is 18.9. The Morgan fingerprint density at radius 3 is 2.29 bits per heavy atom. The first-order valence-electron chi connectivity index (χ1n) is 9.32. The summed E-state index contributed by atoms with van der Waals surface area (Å²) in [6.07, 6.45) is 0.337. The van der Waals surface area contributed by atoms with Crippen molar-refractivity contribution in [1.82, 2.24) is 10.2 Å². The van der Waals surface area contributed by atoms with E-state index >= 15 is 0 Å². The molecule has 0 unspecified atom stereocenters. The molecule has 0 atom stereocenters. The lowest BCUT2D eigenvalue weighted by Gasteiger charge is -2.14. The van der Waals surface area contributed by atoms with Gasteiger partial charge in [-0.15, -0.1) is 10.2 Å².